The summed E-state index contributed by atoms with van der Waals surface area (Å²) in [7, 11) is 0. The molecule has 1 fully saturated rings. The lowest BCUT2D eigenvalue weighted by Crippen LogP contribution is -2.19. The van der Waals surface area contributed by atoms with Gasteiger partial charge in [-0.25, -0.2) is 4.79 Å². The molecule has 5 nitrogen and oxygen atoms in total. The Labute approximate surface area is 70.5 Å². The Morgan fingerprint density at radius 3 is 2.67 bits per heavy atom. The molecule has 0 atom stereocenters. The minimum Gasteiger partial charge on any atom is -0.435 e. The Balaban J connectivity index is 2.03. The van der Waals surface area contributed by atoms with E-state index in [9.17, 15) is 4.79 Å². The number of carbonyl (C=O) groups is 1. The van der Waals surface area contributed by atoms with Gasteiger partial charge in [0, 0.05) is 0 Å². The largest absolute Gasteiger partial charge is 0.508 e. The fourth-order valence-electron chi connectivity index (χ4n) is 0.799. The number of ether oxygens (including phenoxy) is 4. The molecule has 0 aliphatic carbocycles. The van der Waals surface area contributed by atoms with E-state index in [2.05, 4.69) is 9.47 Å². The smallest absolute Gasteiger partial charge is 0.435 e. The lowest BCUT2D eigenvalue weighted by Gasteiger charge is -2.08. The van der Waals surface area contributed by atoms with E-state index in [0.717, 1.165) is 0 Å². The second-order valence-electron chi connectivity index (χ2n) is 2.17. The molecule has 0 amide bonds. The molecule has 0 bridgehead atoms. The Hall–Kier alpha value is -0.810. The summed E-state index contributed by atoms with van der Waals surface area (Å²) < 4.78 is 19.2. The standard InChI is InChI=1S/C7H12O5/c1-2-9-7(8)12-5-6-10-3-4-11-6/h6H,2-5H2,1H3. The first-order valence-electron chi connectivity index (χ1n) is 3.85. The van der Waals surface area contributed by atoms with Crippen LogP contribution >= 0.6 is 0 Å². The van der Waals surface area contributed by atoms with Crippen molar-refractivity contribution in [2.24, 2.45) is 0 Å². The van der Waals surface area contributed by atoms with Crippen molar-refractivity contribution in [1.29, 1.82) is 0 Å². The second-order valence-corrected chi connectivity index (χ2v) is 2.17. The maximum absolute atomic E-state index is 10.6. The van der Waals surface area contributed by atoms with Crippen LogP contribution < -0.4 is 0 Å². The molecule has 1 aliphatic rings. The van der Waals surface area contributed by atoms with Crippen LogP contribution in [0.4, 0.5) is 4.79 Å². The minimum absolute atomic E-state index is 0.0961. The van der Waals surface area contributed by atoms with E-state index in [1.165, 1.54) is 0 Å². The van der Waals surface area contributed by atoms with Crippen molar-refractivity contribution in [2.45, 2.75) is 13.2 Å². The van der Waals surface area contributed by atoms with Gasteiger partial charge in [-0.3, -0.25) is 0 Å². The molecule has 1 heterocycles. The first-order valence-corrected chi connectivity index (χ1v) is 3.85. The second kappa shape index (κ2) is 4.95. The van der Waals surface area contributed by atoms with Gasteiger partial charge in [-0.05, 0) is 6.92 Å². The number of carbonyl (C=O) groups excluding carboxylic acids is 1. The zero-order valence-electron chi connectivity index (χ0n) is 6.95. The molecule has 0 aromatic heterocycles. The van der Waals surface area contributed by atoms with Crippen LogP contribution in [0.1, 0.15) is 6.92 Å². The highest BCUT2D eigenvalue weighted by atomic mass is 16.8. The molecule has 1 aliphatic heterocycles. The molecule has 0 aromatic rings. The van der Waals surface area contributed by atoms with Crippen molar-refractivity contribution in [3.05, 3.63) is 0 Å². The van der Waals surface area contributed by atoms with Gasteiger partial charge >= 0.3 is 6.16 Å². The number of hydrogen-bond acceptors (Lipinski definition) is 5. The Morgan fingerprint density at radius 1 is 1.42 bits per heavy atom. The van der Waals surface area contributed by atoms with E-state index >= 15 is 0 Å². The summed E-state index contributed by atoms with van der Waals surface area (Å²) in [5, 5.41) is 0. The average Bonchev–Trinajstić information content (AvgIpc) is 2.53. The van der Waals surface area contributed by atoms with Crippen molar-refractivity contribution >= 4 is 6.16 Å². The Kier molecular flexibility index (Phi) is 3.83. The quantitative estimate of drug-likeness (QED) is 0.587. The van der Waals surface area contributed by atoms with Gasteiger partial charge in [-0.1, -0.05) is 0 Å². The first kappa shape index (κ1) is 9.28. The molecular weight excluding hydrogens is 164 g/mol. The van der Waals surface area contributed by atoms with Gasteiger partial charge in [0.15, 0.2) is 6.29 Å². The molecule has 0 N–H and O–H groups in total. The van der Waals surface area contributed by atoms with Crippen LogP contribution in [0.25, 0.3) is 0 Å². The van der Waals surface area contributed by atoms with Gasteiger partial charge < -0.3 is 18.9 Å². The minimum atomic E-state index is -0.684. The molecule has 0 spiro atoms. The van der Waals surface area contributed by atoms with Crippen molar-refractivity contribution in [2.75, 3.05) is 26.4 Å². The highest BCUT2D eigenvalue weighted by Crippen LogP contribution is 2.03. The van der Waals surface area contributed by atoms with E-state index in [0.29, 0.717) is 19.8 Å². The molecule has 5 heteroatoms. The van der Waals surface area contributed by atoms with Gasteiger partial charge in [0.25, 0.3) is 0 Å². The summed E-state index contributed by atoms with van der Waals surface area (Å²) in [5.41, 5.74) is 0. The summed E-state index contributed by atoms with van der Waals surface area (Å²) in [6, 6.07) is 0. The topological polar surface area (TPSA) is 54.0 Å². The zero-order chi connectivity index (χ0) is 8.81. The first-order chi connectivity index (χ1) is 5.83. The third-order valence-electron chi connectivity index (χ3n) is 1.29. The molecule has 1 saturated heterocycles. The molecule has 1 rings (SSSR count). The molecule has 0 unspecified atom stereocenters. The monoisotopic (exact) mass is 176 g/mol. The fraction of sp³-hybridized carbons (Fsp3) is 0.857. The molecule has 0 radical (unpaired) electrons. The van der Waals surface area contributed by atoms with Gasteiger partial charge in [0.2, 0.25) is 0 Å². The average molecular weight is 176 g/mol. The van der Waals surface area contributed by atoms with Crippen molar-refractivity contribution < 1.29 is 23.7 Å². The van der Waals surface area contributed by atoms with E-state index in [4.69, 9.17) is 9.47 Å². The van der Waals surface area contributed by atoms with Crippen LogP contribution in [0.2, 0.25) is 0 Å². The van der Waals surface area contributed by atoms with Crippen LogP contribution in [0.3, 0.4) is 0 Å². The summed E-state index contributed by atoms with van der Waals surface area (Å²) in [4.78, 5) is 10.6. The predicted molar refractivity (Wildman–Crippen MR) is 38.7 cm³/mol. The zero-order valence-corrected chi connectivity index (χ0v) is 6.95. The van der Waals surface area contributed by atoms with E-state index in [1.54, 1.807) is 6.92 Å². The van der Waals surface area contributed by atoms with E-state index in [1.807, 2.05) is 0 Å². The van der Waals surface area contributed by atoms with Crippen LogP contribution in [0.15, 0.2) is 0 Å². The predicted octanol–water partition coefficient (Wildman–Crippen LogP) is 0.532. The van der Waals surface area contributed by atoms with Crippen LogP contribution in [-0.2, 0) is 18.9 Å². The normalized spacial score (nSPS) is 17.8. The number of hydrogen-bond donors (Lipinski definition) is 0. The van der Waals surface area contributed by atoms with Crippen molar-refractivity contribution in [3.8, 4) is 0 Å². The van der Waals surface area contributed by atoms with Gasteiger partial charge in [0.05, 0.1) is 19.8 Å². The highest BCUT2D eigenvalue weighted by molar-refractivity contribution is 5.59. The Morgan fingerprint density at radius 2 is 2.08 bits per heavy atom. The lowest BCUT2D eigenvalue weighted by molar-refractivity contribution is -0.0864. The fourth-order valence-corrected chi connectivity index (χ4v) is 0.799. The third kappa shape index (κ3) is 3.06. The maximum atomic E-state index is 10.6. The summed E-state index contributed by atoms with van der Waals surface area (Å²) >= 11 is 0. The van der Waals surface area contributed by atoms with Gasteiger partial charge in [-0.15, -0.1) is 0 Å². The molecule has 70 valence electrons. The van der Waals surface area contributed by atoms with Gasteiger partial charge in [-0.2, -0.15) is 0 Å². The summed E-state index contributed by atoms with van der Waals surface area (Å²) in [5.74, 6) is 0. The van der Waals surface area contributed by atoms with Crippen LogP contribution in [-0.4, -0.2) is 38.9 Å². The summed E-state index contributed by atoms with van der Waals surface area (Å²) in [6.45, 7) is 3.22. The van der Waals surface area contributed by atoms with Crippen molar-refractivity contribution in [3.63, 3.8) is 0 Å². The molecule has 0 aromatic carbocycles. The van der Waals surface area contributed by atoms with Gasteiger partial charge in [0.1, 0.15) is 6.61 Å². The molecule has 0 saturated carbocycles. The number of rotatable bonds is 3. The van der Waals surface area contributed by atoms with Crippen LogP contribution in [0.5, 0.6) is 0 Å². The molecular formula is C7H12O5. The lowest BCUT2D eigenvalue weighted by atomic mass is 10.7. The summed E-state index contributed by atoms with van der Waals surface area (Å²) in [6.07, 6.45) is -1.11. The SMILES string of the molecule is CCOC(=O)OCC1OCCO1. The van der Waals surface area contributed by atoms with Crippen molar-refractivity contribution in [1.82, 2.24) is 0 Å². The third-order valence-corrected chi connectivity index (χ3v) is 1.29. The maximum Gasteiger partial charge on any atom is 0.508 e. The molecule has 12 heavy (non-hydrogen) atoms. The van der Waals surface area contributed by atoms with E-state index in [-0.39, 0.29) is 6.61 Å². The van der Waals surface area contributed by atoms with Crippen LogP contribution in [0, 0.1) is 0 Å². The highest BCUT2D eigenvalue weighted by Gasteiger charge is 2.17. The Bertz CT molecular complexity index is 141. The van der Waals surface area contributed by atoms with E-state index < -0.39 is 12.4 Å².